The van der Waals surface area contributed by atoms with E-state index in [2.05, 4.69) is 5.32 Å². The van der Waals surface area contributed by atoms with E-state index in [0.717, 1.165) is 11.1 Å². The molecule has 10 nitrogen and oxygen atoms in total. The van der Waals surface area contributed by atoms with Gasteiger partial charge in [-0.2, -0.15) is 0 Å². The summed E-state index contributed by atoms with van der Waals surface area (Å²) < 4.78 is 21.2. The zero-order chi connectivity index (χ0) is 26.6. The fourth-order valence-electron chi connectivity index (χ4n) is 2.97. The molecule has 0 fully saturated rings. The van der Waals surface area contributed by atoms with E-state index in [0.29, 0.717) is 5.75 Å². The van der Waals surface area contributed by atoms with E-state index >= 15 is 0 Å². The van der Waals surface area contributed by atoms with Crippen molar-refractivity contribution in [1.29, 1.82) is 0 Å². The molecule has 36 heavy (non-hydrogen) atoms. The van der Waals surface area contributed by atoms with Crippen molar-refractivity contribution in [2.24, 2.45) is 0 Å². The van der Waals surface area contributed by atoms with E-state index < -0.39 is 29.8 Å². The zero-order valence-electron chi connectivity index (χ0n) is 21.1. The molecule has 2 aromatic rings. The zero-order valence-corrected chi connectivity index (χ0v) is 21.1. The van der Waals surface area contributed by atoms with Gasteiger partial charge in [-0.25, -0.2) is 14.4 Å². The number of amides is 2. The lowest BCUT2D eigenvalue weighted by atomic mass is 10.2. The third kappa shape index (κ3) is 10.6. The SMILES string of the molecule is COc1ccc(CN(CCOC[C@H](NC(=O)OCc2ccccc2)C(=O)O)C(=O)OC(C)(C)C)cc1. The predicted octanol–water partition coefficient (Wildman–Crippen LogP) is 3.83. The quantitative estimate of drug-likeness (QED) is 0.420. The first-order valence-electron chi connectivity index (χ1n) is 11.5. The fraction of sp³-hybridized carbons (Fsp3) is 0.423. The van der Waals surface area contributed by atoms with Gasteiger partial charge in [0.25, 0.3) is 0 Å². The second-order valence-electron chi connectivity index (χ2n) is 8.92. The van der Waals surface area contributed by atoms with Gasteiger partial charge in [-0.1, -0.05) is 42.5 Å². The molecule has 0 heterocycles. The molecule has 0 saturated heterocycles. The molecule has 1 atom stereocenters. The Bertz CT molecular complexity index is 974. The molecule has 0 saturated carbocycles. The summed E-state index contributed by atoms with van der Waals surface area (Å²) in [6.07, 6.45) is -1.40. The molecule has 10 heteroatoms. The molecule has 2 N–H and O–H groups in total. The lowest BCUT2D eigenvalue weighted by Crippen LogP contribution is -2.45. The van der Waals surface area contributed by atoms with E-state index in [-0.39, 0.29) is 32.9 Å². The molecule has 0 aromatic heterocycles. The Morgan fingerprint density at radius 1 is 1.00 bits per heavy atom. The van der Waals surface area contributed by atoms with Crippen molar-refractivity contribution in [1.82, 2.24) is 10.2 Å². The van der Waals surface area contributed by atoms with Gasteiger partial charge in [0.2, 0.25) is 0 Å². The fourth-order valence-corrected chi connectivity index (χ4v) is 2.97. The predicted molar refractivity (Wildman–Crippen MR) is 132 cm³/mol. The van der Waals surface area contributed by atoms with Gasteiger partial charge in [0.05, 0.1) is 20.3 Å². The maximum Gasteiger partial charge on any atom is 0.410 e. The van der Waals surface area contributed by atoms with Crippen molar-refractivity contribution >= 4 is 18.2 Å². The molecule has 0 aliphatic carbocycles. The van der Waals surface area contributed by atoms with Crippen molar-refractivity contribution in [3.8, 4) is 5.75 Å². The molecule has 2 rings (SSSR count). The van der Waals surface area contributed by atoms with E-state index in [1.54, 1.807) is 64.3 Å². The molecule has 0 radical (unpaired) electrons. The van der Waals surface area contributed by atoms with Crippen LogP contribution in [0.15, 0.2) is 54.6 Å². The molecule has 196 valence electrons. The lowest BCUT2D eigenvalue weighted by molar-refractivity contribution is -0.141. The van der Waals surface area contributed by atoms with Gasteiger partial charge in [-0.05, 0) is 44.0 Å². The van der Waals surface area contributed by atoms with Gasteiger partial charge < -0.3 is 34.3 Å². The van der Waals surface area contributed by atoms with Crippen LogP contribution in [-0.2, 0) is 32.2 Å². The van der Waals surface area contributed by atoms with Crippen LogP contribution in [0.4, 0.5) is 9.59 Å². The monoisotopic (exact) mass is 502 g/mol. The number of carbonyl (C=O) groups is 3. The van der Waals surface area contributed by atoms with Crippen LogP contribution in [0.25, 0.3) is 0 Å². The van der Waals surface area contributed by atoms with Crippen LogP contribution >= 0.6 is 0 Å². The Balaban J connectivity index is 1.88. The Morgan fingerprint density at radius 3 is 2.25 bits per heavy atom. The summed E-state index contributed by atoms with van der Waals surface area (Å²) in [7, 11) is 1.57. The number of methoxy groups -OCH3 is 1. The minimum Gasteiger partial charge on any atom is -0.497 e. The molecule has 0 unspecified atom stereocenters. The highest BCUT2D eigenvalue weighted by atomic mass is 16.6. The normalized spacial score (nSPS) is 11.8. The maximum atomic E-state index is 12.7. The van der Waals surface area contributed by atoms with Crippen LogP contribution in [0.3, 0.4) is 0 Å². The summed E-state index contributed by atoms with van der Waals surface area (Å²) in [5.74, 6) is -0.575. The highest BCUT2D eigenvalue weighted by Gasteiger charge is 2.24. The highest BCUT2D eigenvalue weighted by molar-refractivity contribution is 5.80. The number of ether oxygens (including phenoxy) is 4. The van der Waals surface area contributed by atoms with Gasteiger partial charge in [0.15, 0.2) is 6.04 Å². The number of aliphatic carboxylic acids is 1. The number of carbonyl (C=O) groups excluding carboxylic acids is 2. The van der Waals surface area contributed by atoms with Crippen LogP contribution in [0, 0.1) is 0 Å². The van der Waals surface area contributed by atoms with Crippen LogP contribution in [0.1, 0.15) is 31.9 Å². The molecule has 0 aliphatic rings. The van der Waals surface area contributed by atoms with Gasteiger partial charge in [0, 0.05) is 13.1 Å². The molecule has 2 amide bonds. The first-order chi connectivity index (χ1) is 17.1. The standard InChI is InChI=1S/C26H34N2O8/c1-26(2,3)36-25(32)28(16-19-10-12-21(33-4)13-11-19)14-15-34-18-22(23(29)30)27-24(31)35-17-20-8-6-5-7-9-20/h5-13,22H,14-18H2,1-4H3,(H,27,31)(H,29,30)/t22-/m0/s1. The number of alkyl carbamates (subject to hydrolysis) is 1. The second kappa shape index (κ2) is 13.9. The van der Waals surface area contributed by atoms with Crippen LogP contribution in [-0.4, -0.2) is 66.7 Å². The Hall–Kier alpha value is -3.79. The van der Waals surface area contributed by atoms with E-state index in [9.17, 15) is 19.5 Å². The number of nitrogens with one attached hydrogen (secondary N) is 1. The second-order valence-corrected chi connectivity index (χ2v) is 8.92. The molecular weight excluding hydrogens is 468 g/mol. The number of benzene rings is 2. The first kappa shape index (κ1) is 28.4. The van der Waals surface area contributed by atoms with Crippen molar-refractivity contribution in [3.05, 3.63) is 65.7 Å². The Morgan fingerprint density at radius 2 is 1.67 bits per heavy atom. The van der Waals surface area contributed by atoms with Crippen molar-refractivity contribution in [2.75, 3.05) is 26.9 Å². The summed E-state index contributed by atoms with van der Waals surface area (Å²) in [6, 6.07) is 15.0. The van der Waals surface area contributed by atoms with Gasteiger partial charge in [0.1, 0.15) is 18.0 Å². The number of rotatable bonds is 12. The average molecular weight is 503 g/mol. The average Bonchev–Trinajstić information content (AvgIpc) is 2.83. The molecule has 2 aromatic carbocycles. The number of nitrogens with zero attached hydrogens (tertiary/aromatic N) is 1. The number of hydrogen-bond donors (Lipinski definition) is 2. The van der Waals surface area contributed by atoms with Crippen molar-refractivity contribution in [2.45, 2.75) is 45.6 Å². The molecular formula is C26H34N2O8. The number of hydrogen-bond acceptors (Lipinski definition) is 7. The van der Waals surface area contributed by atoms with Crippen molar-refractivity contribution < 1.29 is 38.4 Å². The van der Waals surface area contributed by atoms with Crippen molar-refractivity contribution in [3.63, 3.8) is 0 Å². The Labute approximate surface area is 211 Å². The largest absolute Gasteiger partial charge is 0.497 e. The topological polar surface area (TPSA) is 124 Å². The molecule has 0 spiro atoms. The maximum absolute atomic E-state index is 12.7. The Kier molecular flexibility index (Phi) is 11.0. The summed E-state index contributed by atoms with van der Waals surface area (Å²) >= 11 is 0. The third-order valence-electron chi connectivity index (χ3n) is 4.78. The first-order valence-corrected chi connectivity index (χ1v) is 11.5. The minimum atomic E-state index is -1.31. The van der Waals surface area contributed by atoms with E-state index in [1.165, 1.54) is 4.90 Å². The third-order valence-corrected chi connectivity index (χ3v) is 4.78. The number of carboxylic acid groups (broad SMARTS) is 1. The minimum absolute atomic E-state index is 0.01000. The summed E-state index contributed by atoms with van der Waals surface area (Å²) in [6.45, 7) is 5.45. The smallest absolute Gasteiger partial charge is 0.410 e. The van der Waals surface area contributed by atoms with Gasteiger partial charge in [-0.3, -0.25) is 0 Å². The highest BCUT2D eigenvalue weighted by Crippen LogP contribution is 2.16. The lowest BCUT2D eigenvalue weighted by Gasteiger charge is -2.27. The molecule has 0 aliphatic heterocycles. The van der Waals surface area contributed by atoms with Crippen LogP contribution < -0.4 is 10.1 Å². The molecule has 0 bridgehead atoms. The van der Waals surface area contributed by atoms with Gasteiger partial charge in [-0.15, -0.1) is 0 Å². The summed E-state index contributed by atoms with van der Waals surface area (Å²) in [5.41, 5.74) is 0.942. The van der Waals surface area contributed by atoms with Gasteiger partial charge >= 0.3 is 18.2 Å². The van der Waals surface area contributed by atoms with Crippen LogP contribution in [0.5, 0.6) is 5.75 Å². The van der Waals surface area contributed by atoms with Crippen LogP contribution in [0.2, 0.25) is 0 Å². The van der Waals surface area contributed by atoms with E-state index in [4.69, 9.17) is 18.9 Å². The summed E-state index contributed by atoms with van der Waals surface area (Å²) in [5, 5.41) is 11.7. The van der Waals surface area contributed by atoms with E-state index in [1.807, 2.05) is 18.2 Å². The summed E-state index contributed by atoms with van der Waals surface area (Å²) in [4.78, 5) is 37.7. The number of carboxylic acids is 1.